The molecule has 7 nitrogen and oxygen atoms in total. The summed E-state index contributed by atoms with van der Waals surface area (Å²) in [5.41, 5.74) is 1.42. The molecule has 2 unspecified atom stereocenters. The largest absolute Gasteiger partial charge is 0.373 e. The fourth-order valence-corrected chi connectivity index (χ4v) is 2.88. The van der Waals surface area contributed by atoms with Crippen molar-refractivity contribution in [2.75, 3.05) is 32.1 Å². The zero-order valence-electron chi connectivity index (χ0n) is 15.0. The number of aromatic amines is 1. The summed E-state index contributed by atoms with van der Waals surface area (Å²) in [6.07, 6.45) is 2.58. The van der Waals surface area contributed by atoms with Gasteiger partial charge in [0, 0.05) is 36.6 Å². The lowest BCUT2D eigenvalue weighted by Gasteiger charge is -2.34. The molecular weight excluding hydrogens is 318 g/mol. The van der Waals surface area contributed by atoms with Crippen LogP contribution in [0.25, 0.3) is 11.4 Å². The van der Waals surface area contributed by atoms with E-state index in [1.54, 1.807) is 6.20 Å². The number of hydrogen-bond donors (Lipinski definition) is 2. The molecule has 3 heterocycles. The molecule has 0 spiro atoms. The second-order valence-electron chi connectivity index (χ2n) is 6.48. The van der Waals surface area contributed by atoms with Gasteiger partial charge in [0.15, 0.2) is 0 Å². The van der Waals surface area contributed by atoms with Gasteiger partial charge in [0.2, 0.25) is 0 Å². The highest BCUT2D eigenvalue weighted by Crippen LogP contribution is 2.17. The highest BCUT2D eigenvalue weighted by Gasteiger charge is 2.23. The first-order valence-electron chi connectivity index (χ1n) is 8.68. The van der Waals surface area contributed by atoms with E-state index in [1.165, 1.54) is 6.07 Å². The van der Waals surface area contributed by atoms with Crippen LogP contribution in [0.5, 0.6) is 0 Å². The summed E-state index contributed by atoms with van der Waals surface area (Å²) in [4.78, 5) is 25.6. The monoisotopic (exact) mass is 343 g/mol. The van der Waals surface area contributed by atoms with Crippen LogP contribution in [0.2, 0.25) is 0 Å². The number of pyridine rings is 1. The van der Waals surface area contributed by atoms with Crippen LogP contribution in [0.3, 0.4) is 0 Å². The third-order valence-corrected chi connectivity index (χ3v) is 4.42. The van der Waals surface area contributed by atoms with E-state index in [1.807, 2.05) is 19.1 Å². The van der Waals surface area contributed by atoms with Crippen LogP contribution in [0.4, 0.5) is 5.82 Å². The van der Waals surface area contributed by atoms with E-state index in [0.717, 1.165) is 43.2 Å². The molecule has 2 aromatic rings. The standard InChI is InChI=1S/C18H25N5O2/c1-4-14-9-17(24)22-18(21-14)13-5-6-16(19-10-13)20-12(2)15-11-23(3)7-8-25-15/h5-6,9-10,12,15H,4,7-8,11H2,1-3H3,(H,19,20)(H,21,22,24). The summed E-state index contributed by atoms with van der Waals surface area (Å²) in [6.45, 7) is 6.71. The summed E-state index contributed by atoms with van der Waals surface area (Å²) < 4.78 is 5.83. The van der Waals surface area contributed by atoms with Crippen molar-refractivity contribution in [2.45, 2.75) is 32.4 Å². The molecule has 3 rings (SSSR count). The molecular formula is C18H25N5O2. The Kier molecular flexibility index (Phi) is 5.45. The topological polar surface area (TPSA) is 83.1 Å². The lowest BCUT2D eigenvalue weighted by atomic mass is 10.1. The van der Waals surface area contributed by atoms with Crippen molar-refractivity contribution < 1.29 is 4.74 Å². The van der Waals surface area contributed by atoms with Crippen molar-refractivity contribution >= 4 is 5.82 Å². The highest BCUT2D eigenvalue weighted by molar-refractivity contribution is 5.56. The van der Waals surface area contributed by atoms with Gasteiger partial charge in [0.25, 0.3) is 5.56 Å². The Labute approximate surface area is 147 Å². The number of aromatic nitrogens is 3. The molecule has 0 aromatic carbocycles. The Morgan fingerprint density at radius 1 is 1.48 bits per heavy atom. The maximum absolute atomic E-state index is 11.7. The highest BCUT2D eigenvalue weighted by atomic mass is 16.5. The molecule has 1 fully saturated rings. The van der Waals surface area contributed by atoms with Crippen LogP contribution in [0.1, 0.15) is 19.5 Å². The molecule has 0 saturated carbocycles. The SMILES string of the molecule is CCc1cc(=O)[nH]c(-c2ccc(NC(C)C3CN(C)CCO3)nc2)n1. The van der Waals surface area contributed by atoms with Crippen molar-refractivity contribution in [2.24, 2.45) is 0 Å². The number of anilines is 1. The first-order valence-corrected chi connectivity index (χ1v) is 8.68. The molecule has 25 heavy (non-hydrogen) atoms. The molecule has 134 valence electrons. The second-order valence-corrected chi connectivity index (χ2v) is 6.48. The Morgan fingerprint density at radius 2 is 2.32 bits per heavy atom. The van der Waals surface area contributed by atoms with Gasteiger partial charge in [0.1, 0.15) is 11.6 Å². The predicted molar refractivity (Wildman–Crippen MR) is 97.8 cm³/mol. The van der Waals surface area contributed by atoms with Gasteiger partial charge in [-0.1, -0.05) is 6.92 Å². The van der Waals surface area contributed by atoms with Crippen LogP contribution in [0, 0.1) is 0 Å². The zero-order valence-corrected chi connectivity index (χ0v) is 15.0. The van der Waals surface area contributed by atoms with Gasteiger partial charge >= 0.3 is 0 Å². The molecule has 0 amide bonds. The molecule has 2 aromatic heterocycles. The average Bonchev–Trinajstić information content (AvgIpc) is 2.61. The number of H-pyrrole nitrogens is 1. The number of hydrogen-bond acceptors (Lipinski definition) is 6. The molecule has 1 aliphatic rings. The minimum atomic E-state index is -0.142. The maximum Gasteiger partial charge on any atom is 0.251 e. The van der Waals surface area contributed by atoms with Crippen LogP contribution in [-0.2, 0) is 11.2 Å². The zero-order chi connectivity index (χ0) is 17.8. The van der Waals surface area contributed by atoms with Gasteiger partial charge in [-0.3, -0.25) is 4.79 Å². The number of ether oxygens (including phenoxy) is 1. The third kappa shape index (κ3) is 4.43. The van der Waals surface area contributed by atoms with Crippen molar-refractivity contribution in [3.05, 3.63) is 40.4 Å². The fourth-order valence-electron chi connectivity index (χ4n) is 2.88. The van der Waals surface area contributed by atoms with E-state index in [0.29, 0.717) is 5.82 Å². The third-order valence-electron chi connectivity index (χ3n) is 4.42. The minimum absolute atomic E-state index is 0.138. The van der Waals surface area contributed by atoms with Crippen LogP contribution < -0.4 is 10.9 Å². The molecule has 1 aliphatic heterocycles. The fraction of sp³-hybridized carbons (Fsp3) is 0.500. The number of aryl methyl sites for hydroxylation is 1. The normalized spacial score (nSPS) is 19.6. The molecule has 0 aliphatic carbocycles. The smallest absolute Gasteiger partial charge is 0.251 e. The van der Waals surface area contributed by atoms with Crippen LogP contribution in [-0.4, -0.2) is 58.7 Å². The van der Waals surface area contributed by atoms with Crippen LogP contribution in [0.15, 0.2) is 29.2 Å². The van der Waals surface area contributed by atoms with E-state index >= 15 is 0 Å². The van der Waals surface area contributed by atoms with E-state index in [9.17, 15) is 4.79 Å². The van der Waals surface area contributed by atoms with E-state index in [-0.39, 0.29) is 17.7 Å². The Hall–Kier alpha value is -2.25. The van der Waals surface area contributed by atoms with E-state index in [2.05, 4.69) is 39.1 Å². The molecule has 1 saturated heterocycles. The van der Waals surface area contributed by atoms with Crippen molar-refractivity contribution in [1.82, 2.24) is 19.9 Å². The summed E-state index contributed by atoms with van der Waals surface area (Å²) in [5, 5.41) is 3.39. The molecule has 0 radical (unpaired) electrons. The molecule has 0 bridgehead atoms. The Balaban J connectivity index is 1.70. The molecule has 2 N–H and O–H groups in total. The van der Waals surface area contributed by atoms with Crippen molar-refractivity contribution in [3.8, 4) is 11.4 Å². The van der Waals surface area contributed by atoms with Gasteiger partial charge in [-0.2, -0.15) is 0 Å². The molecule has 2 atom stereocenters. The predicted octanol–water partition coefficient (Wildman–Crippen LogP) is 1.53. The van der Waals surface area contributed by atoms with Crippen molar-refractivity contribution in [3.63, 3.8) is 0 Å². The lowest BCUT2D eigenvalue weighted by Crippen LogP contribution is -2.47. The average molecular weight is 343 g/mol. The summed E-state index contributed by atoms with van der Waals surface area (Å²) in [7, 11) is 2.10. The van der Waals surface area contributed by atoms with Crippen molar-refractivity contribution in [1.29, 1.82) is 0 Å². The quantitative estimate of drug-likeness (QED) is 0.857. The first-order chi connectivity index (χ1) is 12.0. The number of morpholine rings is 1. The Bertz CT molecular complexity index is 759. The van der Waals surface area contributed by atoms with Gasteiger partial charge in [0.05, 0.1) is 18.8 Å². The van der Waals surface area contributed by atoms with Gasteiger partial charge in [-0.25, -0.2) is 9.97 Å². The van der Waals surface area contributed by atoms with Gasteiger partial charge in [-0.05, 0) is 32.5 Å². The van der Waals surface area contributed by atoms with Crippen LogP contribution >= 0.6 is 0 Å². The van der Waals surface area contributed by atoms with E-state index < -0.39 is 0 Å². The van der Waals surface area contributed by atoms with E-state index in [4.69, 9.17) is 4.74 Å². The Morgan fingerprint density at radius 3 is 3.00 bits per heavy atom. The molecule has 7 heteroatoms. The first kappa shape index (κ1) is 17.6. The summed E-state index contributed by atoms with van der Waals surface area (Å²) in [6, 6.07) is 5.49. The number of rotatable bonds is 5. The summed E-state index contributed by atoms with van der Waals surface area (Å²) in [5.74, 6) is 1.33. The second kappa shape index (κ2) is 7.76. The maximum atomic E-state index is 11.7. The van der Waals surface area contributed by atoms with Gasteiger partial charge in [-0.15, -0.1) is 0 Å². The number of nitrogens with one attached hydrogen (secondary N) is 2. The summed E-state index contributed by atoms with van der Waals surface area (Å²) >= 11 is 0. The number of nitrogens with zero attached hydrogens (tertiary/aromatic N) is 3. The number of likely N-dealkylation sites (N-methyl/N-ethyl adjacent to an activating group) is 1. The lowest BCUT2D eigenvalue weighted by molar-refractivity contribution is -0.0259. The minimum Gasteiger partial charge on any atom is -0.373 e. The van der Waals surface area contributed by atoms with Gasteiger partial charge < -0.3 is 19.9 Å².